The zero-order chi connectivity index (χ0) is 10.1. The van der Waals surface area contributed by atoms with Crippen molar-refractivity contribution in [2.45, 2.75) is 26.3 Å². The molecule has 0 spiro atoms. The molecule has 0 saturated heterocycles. The molecule has 1 atom stereocenters. The first-order valence-electron chi connectivity index (χ1n) is 4.95. The van der Waals surface area contributed by atoms with E-state index in [4.69, 9.17) is 0 Å². The lowest BCUT2D eigenvalue weighted by Crippen LogP contribution is -2.37. The van der Waals surface area contributed by atoms with E-state index in [0.717, 1.165) is 37.7 Å². The van der Waals surface area contributed by atoms with Crippen LogP contribution in [0.15, 0.2) is 0 Å². The fourth-order valence-electron chi connectivity index (χ4n) is 1.09. The molecule has 0 radical (unpaired) electrons. The average molecular weight is 222 g/mol. The lowest BCUT2D eigenvalue weighted by atomic mass is 10.2. The van der Waals surface area contributed by atoms with Gasteiger partial charge in [0.25, 0.3) is 0 Å². The van der Waals surface area contributed by atoms with Gasteiger partial charge in [-0.05, 0) is 13.0 Å². The van der Waals surface area contributed by atoms with Gasteiger partial charge in [-0.25, -0.2) is 0 Å². The summed E-state index contributed by atoms with van der Waals surface area (Å²) in [5.74, 6) is 1.76. The Balaban J connectivity index is 3.41. The van der Waals surface area contributed by atoms with Gasteiger partial charge in [-0.2, -0.15) is 25.3 Å². The summed E-state index contributed by atoms with van der Waals surface area (Å²) in [6.45, 7) is 7.52. The standard InChI is InChI=1S/C9H22N2S2/c1-3-9(7-12)10-5-6-11(4-2)8-13/h9-10,12-13H,3-8H2,1-2H3. The topological polar surface area (TPSA) is 15.3 Å². The Bertz CT molecular complexity index is 91.8. The molecule has 0 heterocycles. The summed E-state index contributed by atoms with van der Waals surface area (Å²) >= 11 is 8.52. The van der Waals surface area contributed by atoms with Crippen LogP contribution in [0.3, 0.4) is 0 Å². The Hall–Kier alpha value is 0.620. The summed E-state index contributed by atoms with van der Waals surface area (Å²) in [6.07, 6.45) is 1.15. The van der Waals surface area contributed by atoms with Crippen molar-refractivity contribution in [1.82, 2.24) is 10.2 Å². The number of likely N-dealkylation sites (N-methyl/N-ethyl adjacent to an activating group) is 1. The van der Waals surface area contributed by atoms with Gasteiger partial charge in [0, 0.05) is 30.8 Å². The maximum absolute atomic E-state index is 4.27. The second-order valence-corrected chi connectivity index (χ2v) is 3.74. The Morgan fingerprint density at radius 3 is 2.38 bits per heavy atom. The highest BCUT2D eigenvalue weighted by atomic mass is 32.1. The Morgan fingerprint density at radius 1 is 1.31 bits per heavy atom. The van der Waals surface area contributed by atoms with E-state index in [0.29, 0.717) is 6.04 Å². The molecule has 0 aromatic carbocycles. The molecule has 0 amide bonds. The molecule has 4 heteroatoms. The van der Waals surface area contributed by atoms with E-state index in [1.807, 2.05) is 0 Å². The molecule has 80 valence electrons. The van der Waals surface area contributed by atoms with Gasteiger partial charge < -0.3 is 5.32 Å². The van der Waals surface area contributed by atoms with Crippen LogP contribution in [0.25, 0.3) is 0 Å². The largest absolute Gasteiger partial charge is 0.312 e. The molecule has 1 N–H and O–H groups in total. The monoisotopic (exact) mass is 222 g/mol. The third-order valence-corrected chi connectivity index (χ3v) is 3.06. The molecule has 0 rings (SSSR count). The van der Waals surface area contributed by atoms with Crippen LogP contribution in [0, 0.1) is 0 Å². The van der Waals surface area contributed by atoms with Gasteiger partial charge in [0.15, 0.2) is 0 Å². The van der Waals surface area contributed by atoms with Crippen molar-refractivity contribution in [3.8, 4) is 0 Å². The summed E-state index contributed by atoms with van der Waals surface area (Å²) in [5.41, 5.74) is 0. The Labute approximate surface area is 93.3 Å². The van der Waals surface area contributed by atoms with Crippen molar-refractivity contribution in [1.29, 1.82) is 0 Å². The normalized spacial score (nSPS) is 13.6. The van der Waals surface area contributed by atoms with Crippen molar-refractivity contribution in [2.24, 2.45) is 0 Å². The molecular weight excluding hydrogens is 200 g/mol. The lowest BCUT2D eigenvalue weighted by molar-refractivity contribution is 0.329. The molecule has 0 aromatic rings. The molecule has 0 fully saturated rings. The van der Waals surface area contributed by atoms with Crippen LogP contribution >= 0.6 is 25.3 Å². The van der Waals surface area contributed by atoms with Crippen molar-refractivity contribution < 1.29 is 0 Å². The smallest absolute Gasteiger partial charge is 0.0414 e. The SMILES string of the molecule is CCC(CS)NCCN(CC)CS. The predicted molar refractivity (Wildman–Crippen MR) is 67.0 cm³/mol. The second kappa shape index (κ2) is 9.19. The third-order valence-electron chi connectivity index (χ3n) is 2.22. The van der Waals surface area contributed by atoms with Gasteiger partial charge in [0.1, 0.15) is 0 Å². The number of thiol groups is 2. The first kappa shape index (κ1) is 13.6. The number of hydrogen-bond acceptors (Lipinski definition) is 4. The maximum atomic E-state index is 4.27. The fraction of sp³-hybridized carbons (Fsp3) is 1.00. The summed E-state index contributed by atoms with van der Waals surface area (Å²) < 4.78 is 0. The lowest BCUT2D eigenvalue weighted by Gasteiger charge is -2.20. The molecule has 0 aromatic heterocycles. The molecule has 1 unspecified atom stereocenters. The van der Waals surface area contributed by atoms with Crippen LogP contribution in [-0.4, -0.2) is 42.2 Å². The summed E-state index contributed by atoms with van der Waals surface area (Å²) in [7, 11) is 0. The number of rotatable bonds is 8. The highest BCUT2D eigenvalue weighted by Crippen LogP contribution is 1.94. The van der Waals surface area contributed by atoms with Crippen LogP contribution in [0.2, 0.25) is 0 Å². The molecule has 0 aliphatic heterocycles. The van der Waals surface area contributed by atoms with Gasteiger partial charge in [-0.15, -0.1) is 0 Å². The van der Waals surface area contributed by atoms with Gasteiger partial charge in [0.2, 0.25) is 0 Å². The zero-order valence-corrected chi connectivity index (χ0v) is 10.5. The van der Waals surface area contributed by atoms with Gasteiger partial charge in [0.05, 0.1) is 0 Å². The van der Waals surface area contributed by atoms with E-state index in [9.17, 15) is 0 Å². The quantitative estimate of drug-likeness (QED) is 0.426. The summed E-state index contributed by atoms with van der Waals surface area (Å²) in [4.78, 5) is 2.29. The van der Waals surface area contributed by atoms with Gasteiger partial charge in [-0.3, -0.25) is 4.90 Å². The number of hydrogen-bond donors (Lipinski definition) is 3. The minimum Gasteiger partial charge on any atom is -0.312 e. The van der Waals surface area contributed by atoms with E-state index in [1.54, 1.807) is 0 Å². The van der Waals surface area contributed by atoms with Gasteiger partial charge >= 0.3 is 0 Å². The number of nitrogens with zero attached hydrogens (tertiary/aromatic N) is 1. The molecule has 13 heavy (non-hydrogen) atoms. The summed E-state index contributed by atoms with van der Waals surface area (Å²) in [6, 6.07) is 0.557. The zero-order valence-electron chi connectivity index (χ0n) is 8.66. The maximum Gasteiger partial charge on any atom is 0.0414 e. The van der Waals surface area contributed by atoms with Crippen molar-refractivity contribution in [3.05, 3.63) is 0 Å². The minimum atomic E-state index is 0.557. The van der Waals surface area contributed by atoms with E-state index >= 15 is 0 Å². The molecule has 0 bridgehead atoms. The first-order valence-corrected chi connectivity index (χ1v) is 6.22. The summed E-state index contributed by atoms with van der Waals surface area (Å²) in [5, 5.41) is 3.47. The van der Waals surface area contributed by atoms with Crippen molar-refractivity contribution in [3.63, 3.8) is 0 Å². The third kappa shape index (κ3) is 6.66. The Kier molecular flexibility index (Phi) is 9.62. The van der Waals surface area contributed by atoms with Crippen LogP contribution in [0.5, 0.6) is 0 Å². The Morgan fingerprint density at radius 2 is 2.00 bits per heavy atom. The highest BCUT2D eigenvalue weighted by molar-refractivity contribution is 7.80. The second-order valence-electron chi connectivity index (χ2n) is 3.09. The van der Waals surface area contributed by atoms with Crippen LogP contribution in [0.1, 0.15) is 20.3 Å². The van der Waals surface area contributed by atoms with Crippen LogP contribution in [0.4, 0.5) is 0 Å². The molecule has 0 saturated carbocycles. The predicted octanol–water partition coefficient (Wildman–Crippen LogP) is 1.49. The molecule has 2 nitrogen and oxygen atoms in total. The van der Waals surface area contributed by atoms with E-state index < -0.39 is 0 Å². The molecule has 0 aliphatic rings. The highest BCUT2D eigenvalue weighted by Gasteiger charge is 2.03. The fourth-order valence-corrected chi connectivity index (χ4v) is 1.82. The van der Waals surface area contributed by atoms with Crippen molar-refractivity contribution in [2.75, 3.05) is 31.3 Å². The van der Waals surface area contributed by atoms with E-state index in [1.165, 1.54) is 0 Å². The van der Waals surface area contributed by atoms with Crippen LogP contribution < -0.4 is 5.32 Å². The van der Waals surface area contributed by atoms with E-state index in [-0.39, 0.29) is 0 Å². The average Bonchev–Trinajstić information content (AvgIpc) is 2.19. The first-order chi connectivity index (χ1) is 6.28. The van der Waals surface area contributed by atoms with Crippen LogP contribution in [-0.2, 0) is 0 Å². The van der Waals surface area contributed by atoms with E-state index in [2.05, 4.69) is 49.3 Å². The minimum absolute atomic E-state index is 0.557. The number of nitrogens with one attached hydrogen (secondary N) is 1. The molecule has 0 aliphatic carbocycles. The van der Waals surface area contributed by atoms with Gasteiger partial charge in [-0.1, -0.05) is 13.8 Å². The van der Waals surface area contributed by atoms with Crippen molar-refractivity contribution >= 4 is 25.3 Å². The molecular formula is C9H22N2S2.